The lowest BCUT2D eigenvalue weighted by Crippen LogP contribution is -2.05. The zero-order chi connectivity index (χ0) is 7.52. The van der Waals surface area contributed by atoms with Crippen LogP contribution in [0.1, 0.15) is 0 Å². The quantitative estimate of drug-likeness (QED) is 0.426. The van der Waals surface area contributed by atoms with Crippen LogP contribution < -0.4 is 0 Å². The first-order valence-corrected chi connectivity index (χ1v) is 6.05. The summed E-state index contributed by atoms with van der Waals surface area (Å²) in [6.45, 7) is 1.75. The smallest absolute Gasteiger partial charge is 0.260 e. The van der Waals surface area contributed by atoms with E-state index >= 15 is 0 Å². The van der Waals surface area contributed by atoms with Gasteiger partial charge in [-0.25, -0.2) is 0 Å². The molecular formula is C8H10IO2+. The average Bonchev–Trinajstić information content (AvgIpc) is 2.86. The van der Waals surface area contributed by atoms with E-state index in [4.69, 9.17) is 4.74 Å². The minimum absolute atomic E-state index is 0.154. The van der Waals surface area contributed by atoms with E-state index in [-0.39, 0.29) is 20.7 Å². The van der Waals surface area contributed by atoms with Gasteiger partial charge in [0.1, 0.15) is 0 Å². The molecule has 60 valence electrons. The topological polar surface area (TPSA) is 25.3 Å². The van der Waals surface area contributed by atoms with Crippen molar-refractivity contribution in [1.29, 1.82) is 0 Å². The molecule has 2 nitrogen and oxygen atoms in total. The molecule has 0 radical (unpaired) electrons. The molecule has 1 fully saturated rings. The second-order valence-electron chi connectivity index (χ2n) is 2.44. The van der Waals surface area contributed by atoms with Crippen molar-refractivity contribution in [2.24, 2.45) is 0 Å². The molecule has 2 rings (SSSR count). The fourth-order valence-corrected chi connectivity index (χ4v) is 2.21. The molecule has 2 heterocycles. The standard InChI is InChI=1S/C8H9IO2/c1-2-7(4-9-3-1)10-5-8-6-11-8/h1-4,8H,5-6H2/p+1. The fraction of sp³-hybridized carbons (Fsp3) is 0.375. The van der Waals surface area contributed by atoms with E-state index in [1.54, 1.807) is 0 Å². The SMILES string of the molecule is C1=CC([OH+]CC2CO2)=CI=C1. The third kappa shape index (κ3) is 2.41. The summed E-state index contributed by atoms with van der Waals surface area (Å²) >= 11 is 0.154. The first-order valence-electron chi connectivity index (χ1n) is 3.56. The first-order chi connectivity index (χ1) is 5.45. The molecule has 0 bridgehead atoms. The molecule has 0 aromatic carbocycles. The summed E-state index contributed by atoms with van der Waals surface area (Å²) in [7, 11) is 0. The third-order valence-corrected chi connectivity index (χ3v) is 3.30. The van der Waals surface area contributed by atoms with Gasteiger partial charge in [-0.15, -0.1) is 0 Å². The molecule has 0 aliphatic carbocycles. The Morgan fingerprint density at radius 1 is 1.73 bits per heavy atom. The Morgan fingerprint density at radius 2 is 2.64 bits per heavy atom. The maximum atomic E-state index is 5.06. The van der Waals surface area contributed by atoms with Crippen molar-refractivity contribution in [1.82, 2.24) is 0 Å². The number of rotatable bonds is 3. The fourth-order valence-electron chi connectivity index (χ4n) is 0.782. The first kappa shape index (κ1) is 7.49. The van der Waals surface area contributed by atoms with Crippen LogP contribution in [0.15, 0.2) is 22.0 Å². The van der Waals surface area contributed by atoms with Gasteiger partial charge < -0.3 is 9.47 Å². The van der Waals surface area contributed by atoms with Gasteiger partial charge in [0.2, 0.25) is 6.61 Å². The maximum absolute atomic E-state index is 5.06. The third-order valence-electron chi connectivity index (χ3n) is 1.47. The van der Waals surface area contributed by atoms with Crippen LogP contribution in [0.5, 0.6) is 0 Å². The highest BCUT2D eigenvalue weighted by molar-refractivity contribution is 14.2. The molecule has 0 saturated carbocycles. The highest BCUT2D eigenvalue weighted by Crippen LogP contribution is 2.14. The highest BCUT2D eigenvalue weighted by atomic mass is 127. The van der Waals surface area contributed by atoms with E-state index in [9.17, 15) is 0 Å². The van der Waals surface area contributed by atoms with Crippen molar-refractivity contribution in [3.05, 3.63) is 22.0 Å². The number of ether oxygens (including phenoxy) is 2. The predicted molar refractivity (Wildman–Crippen MR) is 54.1 cm³/mol. The van der Waals surface area contributed by atoms with Crippen LogP contribution in [0.4, 0.5) is 0 Å². The predicted octanol–water partition coefficient (Wildman–Crippen LogP) is 1.10. The van der Waals surface area contributed by atoms with Crippen LogP contribution >= 0.6 is 20.7 Å². The summed E-state index contributed by atoms with van der Waals surface area (Å²) in [5, 5.41) is 0. The molecule has 2 aliphatic heterocycles. The van der Waals surface area contributed by atoms with E-state index in [0.717, 1.165) is 19.0 Å². The van der Waals surface area contributed by atoms with Crippen molar-refractivity contribution < 1.29 is 9.47 Å². The van der Waals surface area contributed by atoms with Gasteiger partial charge >= 0.3 is 0 Å². The zero-order valence-corrected chi connectivity index (χ0v) is 8.19. The van der Waals surface area contributed by atoms with Gasteiger partial charge in [0.25, 0.3) is 5.76 Å². The molecule has 0 amide bonds. The van der Waals surface area contributed by atoms with Crippen LogP contribution in [0.2, 0.25) is 0 Å². The molecule has 1 atom stereocenters. The number of aliphatic hydroxyl groups is 2. The molecule has 1 unspecified atom stereocenters. The van der Waals surface area contributed by atoms with Crippen molar-refractivity contribution in [3.63, 3.8) is 0 Å². The summed E-state index contributed by atoms with van der Waals surface area (Å²) < 4.78 is 13.9. The summed E-state index contributed by atoms with van der Waals surface area (Å²) in [5.41, 5.74) is 0. The van der Waals surface area contributed by atoms with Crippen molar-refractivity contribution in [2.75, 3.05) is 13.2 Å². The second kappa shape index (κ2) is 3.49. The van der Waals surface area contributed by atoms with E-state index in [1.165, 1.54) is 0 Å². The summed E-state index contributed by atoms with van der Waals surface area (Å²) in [4.78, 5) is 0. The van der Waals surface area contributed by atoms with E-state index in [1.807, 2.05) is 0 Å². The summed E-state index contributed by atoms with van der Waals surface area (Å²) in [5.74, 6) is 1.15. The lowest BCUT2D eigenvalue weighted by atomic mass is 10.4. The van der Waals surface area contributed by atoms with Crippen LogP contribution in [-0.2, 0) is 4.74 Å². The Morgan fingerprint density at radius 3 is 3.27 bits per heavy atom. The van der Waals surface area contributed by atoms with Crippen LogP contribution in [0.3, 0.4) is 0 Å². The van der Waals surface area contributed by atoms with Gasteiger partial charge in [0.15, 0.2) is 6.10 Å². The molecule has 1 saturated heterocycles. The maximum Gasteiger partial charge on any atom is 0.260 e. The summed E-state index contributed by atoms with van der Waals surface area (Å²) in [6, 6.07) is 0. The van der Waals surface area contributed by atoms with Gasteiger partial charge in [-0.3, -0.25) is 0 Å². The van der Waals surface area contributed by atoms with Crippen molar-refractivity contribution in [3.8, 4) is 0 Å². The Bertz CT molecular complexity index is 226. The molecule has 0 spiro atoms. The molecule has 0 aromatic heterocycles. The highest BCUT2D eigenvalue weighted by Gasteiger charge is 2.26. The summed E-state index contributed by atoms with van der Waals surface area (Å²) in [6.07, 6.45) is 4.58. The van der Waals surface area contributed by atoms with Gasteiger partial charge in [-0.2, -0.15) is 0 Å². The Hall–Kier alpha value is -0.160. The zero-order valence-electron chi connectivity index (χ0n) is 6.03. The minimum Gasteiger partial charge on any atom is -0.580 e. The average molecular weight is 265 g/mol. The van der Waals surface area contributed by atoms with Crippen LogP contribution in [-0.4, -0.2) is 28.1 Å². The largest absolute Gasteiger partial charge is 0.580 e. The molecule has 0 aromatic rings. The number of hydrogen-bond acceptors (Lipinski definition) is 1. The van der Waals surface area contributed by atoms with Gasteiger partial charge in [0, 0.05) is 6.08 Å². The van der Waals surface area contributed by atoms with Gasteiger partial charge in [-0.05, 0) is 10.1 Å². The molecule has 1 N–H and O–H groups in total. The van der Waals surface area contributed by atoms with Crippen molar-refractivity contribution in [2.45, 2.75) is 6.10 Å². The van der Waals surface area contributed by atoms with Crippen molar-refractivity contribution >= 4 is 24.7 Å². The lowest BCUT2D eigenvalue weighted by molar-refractivity contribution is 0.0303. The number of epoxide rings is 1. The molecule has 11 heavy (non-hydrogen) atoms. The van der Waals surface area contributed by atoms with Crippen LogP contribution in [0, 0.1) is 0 Å². The lowest BCUT2D eigenvalue weighted by Gasteiger charge is -2.02. The van der Waals surface area contributed by atoms with Gasteiger partial charge in [-0.1, -0.05) is 20.7 Å². The normalized spacial score (nSPS) is 27.3. The number of hydrogen-bond donors (Lipinski definition) is 0. The second-order valence-corrected chi connectivity index (χ2v) is 4.50. The van der Waals surface area contributed by atoms with E-state index in [2.05, 4.69) is 25.0 Å². The Balaban J connectivity index is 1.80. The molecular weight excluding hydrogens is 255 g/mol. The Kier molecular flexibility index (Phi) is 2.38. The van der Waals surface area contributed by atoms with Gasteiger partial charge in [0.05, 0.1) is 10.7 Å². The van der Waals surface area contributed by atoms with E-state index < -0.39 is 0 Å². The number of allylic oxidation sites excluding steroid dienone is 2. The van der Waals surface area contributed by atoms with E-state index in [0.29, 0.717) is 6.10 Å². The number of halogens is 1. The van der Waals surface area contributed by atoms with Crippen LogP contribution in [0.25, 0.3) is 0 Å². The molecule has 3 heteroatoms. The Labute approximate surface area is 75.6 Å². The minimum atomic E-state index is 0.154. The molecule has 2 aliphatic rings. The monoisotopic (exact) mass is 265 g/mol.